The molecule has 0 radical (unpaired) electrons. The second-order valence-electron chi connectivity index (χ2n) is 5.95. The van der Waals surface area contributed by atoms with E-state index in [-0.39, 0.29) is 18.9 Å². The Labute approximate surface area is 150 Å². The lowest BCUT2D eigenvalue weighted by Gasteiger charge is -2.12. The molecule has 0 amide bonds. The van der Waals surface area contributed by atoms with Gasteiger partial charge in [-0.15, -0.1) is 13.2 Å². The van der Waals surface area contributed by atoms with E-state index in [1.165, 1.54) is 12.2 Å². The van der Waals surface area contributed by atoms with Gasteiger partial charge in [-0.3, -0.25) is 4.79 Å². The smallest absolute Gasteiger partial charge is 0.292 e. The van der Waals surface area contributed by atoms with Gasteiger partial charge in [0, 0.05) is 5.56 Å². The molecule has 0 bridgehead atoms. The summed E-state index contributed by atoms with van der Waals surface area (Å²) in [6, 6.07) is 5.17. The molecular formula is C19H21N3O4. The van der Waals surface area contributed by atoms with Crippen LogP contribution in [0.2, 0.25) is 0 Å². The van der Waals surface area contributed by atoms with E-state index < -0.39 is 23.6 Å². The fourth-order valence-corrected chi connectivity index (χ4v) is 2.54. The number of carbonyl (C=O) groups excluding carboxylic acids is 1. The van der Waals surface area contributed by atoms with Crippen molar-refractivity contribution in [3.05, 3.63) is 91.7 Å². The molecule has 0 atom stereocenters. The number of carbonyl (C=O) groups is 1. The summed E-state index contributed by atoms with van der Waals surface area (Å²) in [5.41, 5.74) is -0.0592. The Hall–Kier alpha value is -3.22. The Morgan fingerprint density at radius 2 is 1.38 bits per heavy atom. The van der Waals surface area contributed by atoms with Gasteiger partial charge in [-0.1, -0.05) is 24.3 Å². The summed E-state index contributed by atoms with van der Waals surface area (Å²) in [5, 5.41) is 0. The molecule has 2 aromatic rings. The number of rotatable bonds is 7. The van der Waals surface area contributed by atoms with Crippen molar-refractivity contribution in [2.45, 2.75) is 33.5 Å². The minimum absolute atomic E-state index is 0.0626. The van der Waals surface area contributed by atoms with Gasteiger partial charge in [0.05, 0.1) is 19.6 Å². The van der Waals surface area contributed by atoms with Gasteiger partial charge in [0.2, 0.25) is 0 Å². The average Bonchev–Trinajstić information content (AvgIpc) is 2.61. The number of hydrogen-bond donors (Lipinski definition) is 0. The van der Waals surface area contributed by atoms with Gasteiger partial charge >= 0.3 is 17.1 Å². The molecule has 2 rings (SSSR count). The van der Waals surface area contributed by atoms with Gasteiger partial charge in [-0.2, -0.15) is 0 Å². The normalized spacial score (nSPS) is 10.5. The number of ketones is 1. The number of aromatic nitrogens is 3. The van der Waals surface area contributed by atoms with E-state index in [9.17, 15) is 19.2 Å². The fraction of sp³-hybridized carbons (Fsp3) is 0.263. The molecule has 0 unspecified atom stereocenters. The van der Waals surface area contributed by atoms with Crippen LogP contribution in [0.15, 0.2) is 57.9 Å². The van der Waals surface area contributed by atoms with Gasteiger partial charge in [-0.25, -0.2) is 28.1 Å². The van der Waals surface area contributed by atoms with E-state index in [4.69, 9.17) is 0 Å². The molecule has 1 heterocycles. The van der Waals surface area contributed by atoms with Crippen LogP contribution in [-0.4, -0.2) is 19.5 Å². The lowest BCUT2D eigenvalue weighted by Crippen LogP contribution is -2.55. The summed E-state index contributed by atoms with van der Waals surface area (Å²) in [5.74, 6) is -0.388. The summed E-state index contributed by atoms with van der Waals surface area (Å²) in [4.78, 5) is 49.9. The number of aryl methyl sites for hydroxylation is 2. The molecule has 136 valence electrons. The maximum atomic E-state index is 12.6. The molecule has 26 heavy (non-hydrogen) atoms. The minimum atomic E-state index is -0.836. The Morgan fingerprint density at radius 1 is 0.885 bits per heavy atom. The maximum Gasteiger partial charge on any atom is 0.337 e. The summed E-state index contributed by atoms with van der Waals surface area (Å²) >= 11 is 0. The summed E-state index contributed by atoms with van der Waals surface area (Å²) < 4.78 is 2.50. The predicted molar refractivity (Wildman–Crippen MR) is 99.9 cm³/mol. The van der Waals surface area contributed by atoms with Crippen molar-refractivity contribution in [2.24, 2.45) is 0 Å². The zero-order valence-corrected chi connectivity index (χ0v) is 14.9. The Kier molecular flexibility index (Phi) is 5.71. The summed E-state index contributed by atoms with van der Waals surface area (Å²) in [7, 11) is 0. The molecule has 1 aromatic heterocycles. The van der Waals surface area contributed by atoms with E-state index in [0.29, 0.717) is 5.56 Å². The number of Topliss-reactive ketones (excluding diaryl/α,β-unsaturated/α-hetero) is 1. The highest BCUT2D eigenvalue weighted by atomic mass is 16.2. The van der Waals surface area contributed by atoms with E-state index in [1.807, 2.05) is 13.8 Å². The molecule has 1 aromatic carbocycles. The monoisotopic (exact) mass is 355 g/mol. The first-order valence-corrected chi connectivity index (χ1v) is 8.08. The molecule has 0 fully saturated rings. The highest BCUT2D eigenvalue weighted by molar-refractivity contribution is 5.96. The topological polar surface area (TPSA) is 83.1 Å². The quantitative estimate of drug-likeness (QED) is 0.549. The highest BCUT2D eigenvalue weighted by Crippen LogP contribution is 2.10. The first-order chi connectivity index (χ1) is 12.3. The molecule has 0 saturated carbocycles. The van der Waals surface area contributed by atoms with Crippen molar-refractivity contribution in [1.82, 2.24) is 13.7 Å². The second kappa shape index (κ2) is 7.77. The molecule has 0 saturated heterocycles. The van der Waals surface area contributed by atoms with E-state index in [0.717, 1.165) is 24.8 Å². The van der Waals surface area contributed by atoms with Crippen molar-refractivity contribution in [2.75, 3.05) is 0 Å². The Balaban J connectivity index is 2.59. The first-order valence-electron chi connectivity index (χ1n) is 8.08. The molecule has 0 aliphatic carbocycles. The van der Waals surface area contributed by atoms with Crippen molar-refractivity contribution in [1.29, 1.82) is 0 Å². The minimum Gasteiger partial charge on any atom is -0.292 e. The number of hydrogen-bond acceptors (Lipinski definition) is 4. The second-order valence-corrected chi connectivity index (χ2v) is 5.95. The van der Waals surface area contributed by atoms with Crippen LogP contribution < -0.4 is 17.1 Å². The summed E-state index contributed by atoms with van der Waals surface area (Å²) in [6.45, 7) is 10.2. The highest BCUT2D eigenvalue weighted by Gasteiger charge is 2.17. The lowest BCUT2D eigenvalue weighted by molar-refractivity contribution is 0.0966. The van der Waals surface area contributed by atoms with Crippen LogP contribution in [0, 0.1) is 13.8 Å². The van der Waals surface area contributed by atoms with E-state index in [1.54, 1.807) is 18.2 Å². The summed E-state index contributed by atoms with van der Waals surface area (Å²) in [6.07, 6.45) is 2.75. The van der Waals surface area contributed by atoms with Crippen LogP contribution in [0.5, 0.6) is 0 Å². The van der Waals surface area contributed by atoms with Gasteiger partial charge in [-0.05, 0) is 31.0 Å². The van der Waals surface area contributed by atoms with Crippen molar-refractivity contribution in [3.8, 4) is 0 Å². The predicted octanol–water partition coefficient (Wildman–Crippen LogP) is 1.04. The van der Waals surface area contributed by atoms with Crippen LogP contribution in [0.3, 0.4) is 0 Å². The molecule has 0 aliphatic heterocycles. The zero-order valence-electron chi connectivity index (χ0n) is 14.9. The van der Waals surface area contributed by atoms with Crippen molar-refractivity contribution < 1.29 is 4.79 Å². The molecule has 7 nitrogen and oxygen atoms in total. The third kappa shape index (κ3) is 3.56. The standard InChI is InChI=1S/C19H21N3O4/c1-5-9-20-17(24)21(10-6-2)19(26)22(18(20)25)12-16(23)15-8-7-13(3)14(4)11-15/h5-8,11H,1-2,9-10,12H2,3-4H3. The van der Waals surface area contributed by atoms with Gasteiger partial charge in [0.1, 0.15) is 0 Å². The van der Waals surface area contributed by atoms with E-state index >= 15 is 0 Å². The zero-order chi connectivity index (χ0) is 19.4. The van der Waals surface area contributed by atoms with Crippen molar-refractivity contribution in [3.63, 3.8) is 0 Å². The van der Waals surface area contributed by atoms with Crippen LogP contribution in [0.4, 0.5) is 0 Å². The number of benzene rings is 1. The SMILES string of the molecule is C=CCn1c(=O)n(CC=C)c(=O)n(CC(=O)c2ccc(C)c(C)c2)c1=O. The molecule has 7 heteroatoms. The lowest BCUT2D eigenvalue weighted by atomic mass is 10.0. The molecule has 0 N–H and O–H groups in total. The van der Waals surface area contributed by atoms with Crippen molar-refractivity contribution >= 4 is 5.78 Å². The van der Waals surface area contributed by atoms with Crippen LogP contribution >= 0.6 is 0 Å². The largest absolute Gasteiger partial charge is 0.337 e. The molecule has 0 aliphatic rings. The third-order valence-corrected chi connectivity index (χ3v) is 4.14. The fourth-order valence-electron chi connectivity index (χ4n) is 2.54. The first kappa shape index (κ1) is 19.1. The third-order valence-electron chi connectivity index (χ3n) is 4.14. The number of nitrogens with zero attached hydrogens (tertiary/aromatic N) is 3. The molecular weight excluding hydrogens is 334 g/mol. The van der Waals surface area contributed by atoms with Gasteiger partial charge < -0.3 is 0 Å². The average molecular weight is 355 g/mol. The van der Waals surface area contributed by atoms with Gasteiger partial charge in [0.25, 0.3) is 0 Å². The van der Waals surface area contributed by atoms with E-state index in [2.05, 4.69) is 13.2 Å². The van der Waals surface area contributed by atoms with Crippen LogP contribution in [0.1, 0.15) is 21.5 Å². The molecule has 0 spiro atoms. The Bertz CT molecular complexity index is 1010. The van der Waals surface area contributed by atoms with Crippen LogP contribution in [-0.2, 0) is 19.6 Å². The van der Waals surface area contributed by atoms with Gasteiger partial charge in [0.15, 0.2) is 5.78 Å². The maximum absolute atomic E-state index is 12.6. The van der Waals surface area contributed by atoms with Crippen LogP contribution in [0.25, 0.3) is 0 Å². The Morgan fingerprint density at radius 3 is 1.85 bits per heavy atom. The number of allylic oxidation sites excluding steroid dienone is 2.